The molecule has 234 valence electrons. The summed E-state index contributed by atoms with van der Waals surface area (Å²) in [6, 6.07) is 5.50. The van der Waals surface area contributed by atoms with Crippen LogP contribution in [0.25, 0.3) is 11.0 Å². The lowest BCUT2D eigenvalue weighted by Crippen LogP contribution is -2.57. The molecule has 1 aromatic carbocycles. The molecule has 5 rings (SSSR count). The SMILES string of the molecule is CN1CCO[C@H](COc2ccc3oc(C(=O)O)cc3c2)C1.COC1(OC)COC2C(F)CN(C(=O)C(N)CC(C)C)C21. The summed E-state index contributed by atoms with van der Waals surface area (Å²) in [7, 11) is 5.00. The van der Waals surface area contributed by atoms with Crippen molar-refractivity contribution in [1.29, 1.82) is 0 Å². The zero-order valence-corrected chi connectivity index (χ0v) is 24.8. The molecule has 5 atom stereocenters. The van der Waals surface area contributed by atoms with Crippen LogP contribution in [0, 0.1) is 5.92 Å². The van der Waals surface area contributed by atoms with E-state index >= 15 is 0 Å². The molecule has 0 bridgehead atoms. The Labute approximate surface area is 244 Å². The molecule has 4 unspecified atom stereocenters. The van der Waals surface area contributed by atoms with Gasteiger partial charge in [-0.1, -0.05) is 13.8 Å². The standard InChI is InChI=1S/C15H17NO5.C14H25FN2O4/c1-16-4-5-19-12(8-16)9-20-11-2-3-13-10(6-11)7-14(21-13)15(17)18;1-8(2)5-10(16)13(18)17-6-9(15)11-12(17)14(19-3,20-4)7-21-11/h2-3,6-7,12H,4-5,8-9H2,1H3,(H,17,18);8-12H,5-7,16H2,1-4H3/t12-;/m0./s1. The number of likely N-dealkylation sites (tertiary alicyclic amines) is 1. The molecule has 0 spiro atoms. The van der Waals surface area contributed by atoms with Crippen molar-refractivity contribution in [3.63, 3.8) is 0 Å². The maximum atomic E-state index is 14.2. The second-order valence-electron chi connectivity index (χ2n) is 11.4. The molecule has 1 aromatic heterocycles. The number of benzene rings is 1. The van der Waals surface area contributed by atoms with E-state index < -0.39 is 36.1 Å². The number of fused-ring (bicyclic) bond motifs is 2. The van der Waals surface area contributed by atoms with Gasteiger partial charge in [-0.25, -0.2) is 9.18 Å². The minimum atomic E-state index is -1.25. The Morgan fingerprint density at radius 2 is 1.93 bits per heavy atom. The topological polar surface area (TPSA) is 146 Å². The van der Waals surface area contributed by atoms with Gasteiger partial charge in [0.25, 0.3) is 0 Å². The van der Waals surface area contributed by atoms with Crippen LogP contribution in [0.5, 0.6) is 5.75 Å². The summed E-state index contributed by atoms with van der Waals surface area (Å²) < 4.78 is 47.0. The van der Waals surface area contributed by atoms with Gasteiger partial charge in [0.15, 0.2) is 0 Å². The van der Waals surface area contributed by atoms with E-state index in [1.807, 2.05) is 13.8 Å². The first-order chi connectivity index (χ1) is 20.0. The average Bonchev–Trinajstić information content (AvgIpc) is 3.65. The van der Waals surface area contributed by atoms with E-state index in [0.717, 1.165) is 13.1 Å². The predicted octanol–water partition coefficient (Wildman–Crippen LogP) is 2.14. The number of alkyl halides is 1. The van der Waals surface area contributed by atoms with Crippen molar-refractivity contribution in [1.82, 2.24) is 9.80 Å². The molecule has 0 aliphatic carbocycles. The molecular weight excluding hydrogens is 553 g/mol. The van der Waals surface area contributed by atoms with Crippen molar-refractivity contribution >= 4 is 22.8 Å². The maximum Gasteiger partial charge on any atom is 0.371 e. The number of carboxylic acids is 1. The van der Waals surface area contributed by atoms with Crippen molar-refractivity contribution in [3.05, 3.63) is 30.0 Å². The Balaban J connectivity index is 0.000000193. The van der Waals surface area contributed by atoms with Crippen molar-refractivity contribution < 1.29 is 47.2 Å². The highest BCUT2D eigenvalue weighted by molar-refractivity contribution is 5.91. The summed E-state index contributed by atoms with van der Waals surface area (Å²) in [6.45, 7) is 7.02. The van der Waals surface area contributed by atoms with Crippen LogP contribution in [0.3, 0.4) is 0 Å². The zero-order chi connectivity index (χ0) is 30.6. The van der Waals surface area contributed by atoms with Gasteiger partial charge >= 0.3 is 5.97 Å². The highest BCUT2D eigenvalue weighted by Crippen LogP contribution is 2.40. The van der Waals surface area contributed by atoms with Gasteiger partial charge in [-0.3, -0.25) is 4.79 Å². The largest absolute Gasteiger partial charge is 0.491 e. The van der Waals surface area contributed by atoms with Crippen LogP contribution < -0.4 is 10.5 Å². The lowest BCUT2D eigenvalue weighted by atomic mass is 10.0. The van der Waals surface area contributed by atoms with Crippen LogP contribution >= 0.6 is 0 Å². The van der Waals surface area contributed by atoms with Crippen LogP contribution in [0.2, 0.25) is 0 Å². The second kappa shape index (κ2) is 13.7. The van der Waals surface area contributed by atoms with Gasteiger partial charge in [-0.2, -0.15) is 0 Å². The lowest BCUT2D eigenvalue weighted by Gasteiger charge is -2.36. The minimum Gasteiger partial charge on any atom is -0.491 e. The molecule has 13 heteroatoms. The first kappa shape index (κ1) is 32.1. The normalized spacial score (nSPS) is 26.1. The van der Waals surface area contributed by atoms with E-state index in [4.69, 9.17) is 38.9 Å². The molecule has 2 aromatic rings. The molecule has 12 nitrogen and oxygen atoms in total. The molecule has 0 saturated carbocycles. The van der Waals surface area contributed by atoms with Gasteiger partial charge in [0.1, 0.15) is 49.0 Å². The zero-order valence-electron chi connectivity index (χ0n) is 24.8. The number of amides is 1. The monoisotopic (exact) mass is 595 g/mol. The number of nitrogens with zero attached hydrogens (tertiary/aromatic N) is 2. The predicted molar refractivity (Wildman–Crippen MR) is 150 cm³/mol. The smallest absolute Gasteiger partial charge is 0.371 e. The van der Waals surface area contributed by atoms with E-state index in [2.05, 4.69) is 11.9 Å². The first-order valence-electron chi connectivity index (χ1n) is 14.1. The highest BCUT2D eigenvalue weighted by Gasteiger charge is 2.62. The lowest BCUT2D eigenvalue weighted by molar-refractivity contribution is -0.227. The number of halogens is 1. The molecule has 3 fully saturated rings. The van der Waals surface area contributed by atoms with Crippen LogP contribution in [-0.4, -0.2) is 124 Å². The van der Waals surface area contributed by atoms with Gasteiger partial charge in [-0.05, 0) is 43.7 Å². The fraction of sp³-hybridized carbons (Fsp3) is 0.655. The Kier molecular flexibility index (Phi) is 10.4. The number of carbonyl (C=O) groups excluding carboxylic acids is 1. The molecule has 3 aliphatic heterocycles. The number of hydrogen-bond donors (Lipinski definition) is 2. The summed E-state index contributed by atoms with van der Waals surface area (Å²) in [5, 5.41) is 9.62. The fourth-order valence-corrected chi connectivity index (χ4v) is 5.63. The Bertz CT molecular complexity index is 1220. The summed E-state index contributed by atoms with van der Waals surface area (Å²) in [6.07, 6.45) is -1.37. The van der Waals surface area contributed by atoms with Crippen molar-refractivity contribution in [2.24, 2.45) is 11.7 Å². The number of ether oxygens (including phenoxy) is 5. The third-order valence-corrected chi connectivity index (χ3v) is 7.80. The highest BCUT2D eigenvalue weighted by atomic mass is 19.1. The Morgan fingerprint density at radius 3 is 2.57 bits per heavy atom. The number of hydrogen-bond acceptors (Lipinski definition) is 10. The van der Waals surface area contributed by atoms with Gasteiger partial charge in [-0.15, -0.1) is 0 Å². The molecular formula is C29H42FN3O9. The number of carbonyl (C=O) groups is 2. The summed E-state index contributed by atoms with van der Waals surface area (Å²) in [5.41, 5.74) is 6.50. The van der Waals surface area contributed by atoms with E-state index in [0.29, 0.717) is 36.4 Å². The number of morpholine rings is 1. The van der Waals surface area contributed by atoms with E-state index in [1.54, 1.807) is 18.2 Å². The van der Waals surface area contributed by atoms with Gasteiger partial charge in [0.2, 0.25) is 17.5 Å². The van der Waals surface area contributed by atoms with E-state index in [-0.39, 0.29) is 36.8 Å². The van der Waals surface area contributed by atoms with Gasteiger partial charge in [0, 0.05) is 32.7 Å². The number of likely N-dealkylation sites (N-methyl/N-ethyl adjacent to an activating group) is 1. The quantitative estimate of drug-likeness (QED) is 0.411. The van der Waals surface area contributed by atoms with Gasteiger partial charge in [0.05, 0.1) is 19.2 Å². The molecule has 3 aliphatic rings. The van der Waals surface area contributed by atoms with Gasteiger partial charge < -0.3 is 48.7 Å². The molecule has 4 heterocycles. The molecule has 3 saturated heterocycles. The fourth-order valence-electron chi connectivity index (χ4n) is 5.63. The number of rotatable bonds is 9. The van der Waals surface area contributed by atoms with Crippen molar-refractivity contribution in [2.75, 3.05) is 60.7 Å². The van der Waals surface area contributed by atoms with Crippen molar-refractivity contribution in [2.45, 2.75) is 56.5 Å². The molecule has 3 N–H and O–H groups in total. The number of aromatic carboxylic acids is 1. The molecule has 0 radical (unpaired) electrons. The second-order valence-corrected chi connectivity index (χ2v) is 11.4. The Hall–Kier alpha value is -2.81. The first-order valence-corrected chi connectivity index (χ1v) is 14.1. The van der Waals surface area contributed by atoms with Crippen molar-refractivity contribution in [3.8, 4) is 5.75 Å². The summed E-state index contributed by atoms with van der Waals surface area (Å²) >= 11 is 0. The Morgan fingerprint density at radius 1 is 1.19 bits per heavy atom. The number of nitrogens with two attached hydrogens (primary N) is 1. The third-order valence-electron chi connectivity index (χ3n) is 7.80. The van der Waals surface area contributed by atoms with Crippen LogP contribution in [-0.2, 0) is 23.7 Å². The molecule has 1 amide bonds. The maximum absolute atomic E-state index is 14.2. The average molecular weight is 596 g/mol. The van der Waals surface area contributed by atoms with E-state index in [9.17, 15) is 14.0 Å². The minimum absolute atomic E-state index is 0.0333. The molecule has 42 heavy (non-hydrogen) atoms. The van der Waals surface area contributed by atoms with Crippen LogP contribution in [0.1, 0.15) is 30.8 Å². The van der Waals surface area contributed by atoms with Crippen LogP contribution in [0.15, 0.2) is 28.7 Å². The number of carboxylic acid groups (broad SMARTS) is 1. The summed E-state index contributed by atoms with van der Waals surface area (Å²) in [4.78, 5) is 27.1. The van der Waals surface area contributed by atoms with E-state index in [1.165, 1.54) is 25.2 Å². The number of methoxy groups -OCH3 is 2. The third kappa shape index (κ3) is 7.04. The van der Waals surface area contributed by atoms with Crippen LogP contribution in [0.4, 0.5) is 4.39 Å². The number of furan rings is 1. The summed E-state index contributed by atoms with van der Waals surface area (Å²) in [5.74, 6) is -1.58.